The molecular formula is C51H45F3N6O12. The van der Waals surface area contributed by atoms with Gasteiger partial charge in [0.15, 0.2) is 0 Å². The van der Waals surface area contributed by atoms with Gasteiger partial charge in [-0.05, 0) is 75.4 Å². The molecule has 3 heterocycles. The molecule has 0 N–H and O–H groups in total. The third-order valence-electron chi connectivity index (χ3n) is 10.3. The van der Waals surface area contributed by atoms with Gasteiger partial charge in [-0.2, -0.15) is 15.0 Å². The van der Waals surface area contributed by atoms with Gasteiger partial charge in [0.25, 0.3) is 17.7 Å². The smallest absolute Gasteiger partial charge is 0.330 e. The van der Waals surface area contributed by atoms with Crippen LogP contribution in [-0.2, 0) is 28.6 Å². The van der Waals surface area contributed by atoms with Crippen molar-refractivity contribution in [3.63, 3.8) is 0 Å². The first-order chi connectivity index (χ1) is 34.7. The molecule has 0 saturated carbocycles. The summed E-state index contributed by atoms with van der Waals surface area (Å²) in [5, 5.41) is 12.0. The predicted molar refractivity (Wildman–Crippen MR) is 250 cm³/mol. The molecule has 72 heavy (non-hydrogen) atoms. The van der Waals surface area contributed by atoms with E-state index in [1.54, 1.807) is 39.0 Å². The predicted octanol–water partition coefficient (Wildman–Crippen LogP) is 9.91. The molecule has 0 fully saturated rings. The van der Waals surface area contributed by atoms with E-state index < -0.39 is 53.7 Å². The molecule has 0 aliphatic rings. The van der Waals surface area contributed by atoms with Crippen LogP contribution in [0.2, 0.25) is 0 Å². The van der Waals surface area contributed by atoms with E-state index in [4.69, 9.17) is 42.0 Å². The minimum Gasteiger partial charge on any atom is -0.493 e. The molecule has 0 aliphatic heterocycles. The molecule has 4 aromatic carbocycles. The summed E-state index contributed by atoms with van der Waals surface area (Å²) in [5.74, 6) is -3.90. The molecule has 3 aromatic heterocycles. The van der Waals surface area contributed by atoms with Crippen LogP contribution >= 0.6 is 0 Å². The second-order valence-electron chi connectivity index (χ2n) is 15.8. The van der Waals surface area contributed by atoms with E-state index in [1.165, 1.54) is 36.4 Å². The highest BCUT2D eigenvalue weighted by atomic mass is 19.1. The molecule has 7 aromatic rings. The number of ether oxygens (including phenoxy) is 6. The highest BCUT2D eigenvalue weighted by molar-refractivity contribution is 5.82. The van der Waals surface area contributed by atoms with Gasteiger partial charge in [0, 0.05) is 72.4 Å². The Kier molecular flexibility index (Phi) is 16.7. The Morgan fingerprint density at radius 1 is 0.486 bits per heavy atom. The number of nitrogens with zero attached hydrogens (tertiary/aromatic N) is 6. The second kappa shape index (κ2) is 23.6. The minimum atomic E-state index is -0.724. The molecule has 7 rings (SSSR count). The summed E-state index contributed by atoms with van der Waals surface area (Å²) in [6.07, 6.45) is 2.81. The van der Waals surface area contributed by atoms with Gasteiger partial charge in [-0.15, -0.1) is 0 Å². The molecule has 0 radical (unpaired) electrons. The molecule has 0 amide bonds. The zero-order chi connectivity index (χ0) is 51.3. The normalized spacial score (nSPS) is 12.2. The monoisotopic (exact) mass is 990 g/mol. The van der Waals surface area contributed by atoms with Gasteiger partial charge < -0.3 is 42.0 Å². The fourth-order valence-electron chi connectivity index (χ4n) is 6.59. The van der Waals surface area contributed by atoms with Crippen molar-refractivity contribution in [3.05, 3.63) is 128 Å². The third-order valence-corrected chi connectivity index (χ3v) is 10.3. The van der Waals surface area contributed by atoms with Crippen molar-refractivity contribution in [2.75, 3.05) is 19.8 Å². The van der Waals surface area contributed by atoms with Gasteiger partial charge in [0.05, 0.1) is 36.5 Å². The van der Waals surface area contributed by atoms with Crippen molar-refractivity contribution < 1.29 is 69.5 Å². The summed E-state index contributed by atoms with van der Waals surface area (Å²) in [6.45, 7) is 15.6. The van der Waals surface area contributed by atoms with Gasteiger partial charge in [-0.1, -0.05) is 35.2 Å². The maximum absolute atomic E-state index is 15.5. The zero-order valence-electron chi connectivity index (χ0n) is 39.0. The van der Waals surface area contributed by atoms with E-state index >= 15 is 13.2 Å². The molecule has 0 bridgehead atoms. The summed E-state index contributed by atoms with van der Waals surface area (Å²) >= 11 is 0. The minimum absolute atomic E-state index is 0.0193. The fraction of sp³-hybridized carbons (Fsp3) is 0.235. The van der Waals surface area contributed by atoms with Crippen LogP contribution in [0.15, 0.2) is 124 Å². The lowest BCUT2D eigenvalue weighted by molar-refractivity contribution is -0.143. The number of benzene rings is 4. The van der Waals surface area contributed by atoms with Crippen molar-refractivity contribution in [1.29, 1.82) is 0 Å². The van der Waals surface area contributed by atoms with E-state index in [1.807, 2.05) is 0 Å². The van der Waals surface area contributed by atoms with Crippen molar-refractivity contribution in [1.82, 2.24) is 30.4 Å². The summed E-state index contributed by atoms with van der Waals surface area (Å²) < 4.78 is 95.8. The summed E-state index contributed by atoms with van der Waals surface area (Å²) in [6, 6.07) is 16.8. The SMILES string of the molecule is C=CC(=O)OC(C)CCOc1ccc(-c2noc(-c3cc(-c4nc(-c5ccc(OCCC(C)OC(=O)C=C)cc5F)no4)cc(-c4nc(-c5ccc(OCCC(C)OC(=O)C=C)cc5F)no4)c3)n2)c(F)c1. The highest BCUT2D eigenvalue weighted by Gasteiger charge is 2.23. The number of aromatic nitrogens is 6. The lowest BCUT2D eigenvalue weighted by atomic mass is 10.0. The zero-order valence-corrected chi connectivity index (χ0v) is 39.0. The third kappa shape index (κ3) is 13.3. The maximum Gasteiger partial charge on any atom is 0.330 e. The Hall–Kier alpha value is -8.88. The van der Waals surface area contributed by atoms with E-state index in [-0.39, 0.29) is 106 Å². The molecule has 0 saturated heterocycles. The summed E-state index contributed by atoms with van der Waals surface area (Å²) in [5.41, 5.74) is 0.636. The number of halogens is 3. The standard InChI is InChI=1S/C51H45F3N6O12/c1-7-43(61)67-28(4)16-19-64-34-10-13-37(40(52)25-34)46-55-49(70-58-46)31-22-32(50-56-47(59-71-50)38-14-11-35(26-41(38)53)65-20-17-29(5)68-44(62)8-2)24-33(23-31)51-57-48(60-72-51)39-15-12-36(27-42(39)54)66-21-18-30(6)69-45(63)9-3/h7-15,22-30H,1-3,16-21H2,4-6H3. The molecule has 372 valence electrons. The van der Waals surface area contributed by atoms with E-state index in [0.29, 0.717) is 19.3 Å². The van der Waals surface area contributed by atoms with Crippen LogP contribution in [0.4, 0.5) is 13.2 Å². The molecule has 0 aliphatic carbocycles. The Labute approximate surface area is 409 Å². The quantitative estimate of drug-likeness (QED) is 0.0312. The first-order valence-corrected chi connectivity index (χ1v) is 22.1. The van der Waals surface area contributed by atoms with Crippen molar-refractivity contribution in [3.8, 4) is 85.8 Å². The van der Waals surface area contributed by atoms with E-state index in [0.717, 1.165) is 36.4 Å². The van der Waals surface area contributed by atoms with Crippen LogP contribution in [0.25, 0.3) is 68.5 Å². The Bertz CT molecular complexity index is 2760. The van der Waals surface area contributed by atoms with Gasteiger partial charge in [-0.3, -0.25) is 0 Å². The second-order valence-corrected chi connectivity index (χ2v) is 15.8. The average Bonchev–Trinajstić information content (AvgIpc) is 4.17. The first kappa shape index (κ1) is 51.0. The molecule has 0 spiro atoms. The Morgan fingerprint density at radius 3 is 1.01 bits per heavy atom. The van der Waals surface area contributed by atoms with Crippen LogP contribution in [0, 0.1) is 17.5 Å². The van der Waals surface area contributed by atoms with Gasteiger partial charge in [0.1, 0.15) is 53.0 Å². The first-order valence-electron chi connectivity index (χ1n) is 22.1. The van der Waals surface area contributed by atoms with Crippen molar-refractivity contribution in [2.24, 2.45) is 0 Å². The molecule has 18 nitrogen and oxygen atoms in total. The maximum atomic E-state index is 15.5. The van der Waals surface area contributed by atoms with E-state index in [2.05, 4.69) is 50.2 Å². The lowest BCUT2D eigenvalue weighted by Gasteiger charge is -2.12. The Morgan fingerprint density at radius 2 is 0.764 bits per heavy atom. The molecule has 3 unspecified atom stereocenters. The van der Waals surface area contributed by atoms with Crippen LogP contribution in [0.1, 0.15) is 40.0 Å². The summed E-state index contributed by atoms with van der Waals surface area (Å²) in [7, 11) is 0. The number of hydrogen-bond donors (Lipinski definition) is 0. The van der Waals surface area contributed by atoms with Crippen LogP contribution in [0.3, 0.4) is 0 Å². The van der Waals surface area contributed by atoms with Gasteiger partial charge in [-0.25, -0.2) is 27.6 Å². The van der Waals surface area contributed by atoms with Crippen LogP contribution in [-0.4, -0.2) is 86.5 Å². The van der Waals surface area contributed by atoms with Gasteiger partial charge in [0.2, 0.25) is 17.5 Å². The summed E-state index contributed by atoms with van der Waals surface area (Å²) in [4.78, 5) is 47.7. The number of hydrogen-bond acceptors (Lipinski definition) is 18. The van der Waals surface area contributed by atoms with Crippen LogP contribution < -0.4 is 14.2 Å². The molecular weight excluding hydrogens is 946 g/mol. The lowest BCUT2D eigenvalue weighted by Crippen LogP contribution is -2.16. The number of carbonyl (C=O) groups is 3. The van der Waals surface area contributed by atoms with Crippen molar-refractivity contribution >= 4 is 17.9 Å². The van der Waals surface area contributed by atoms with E-state index in [9.17, 15) is 14.4 Å². The van der Waals surface area contributed by atoms with Crippen LogP contribution in [0.5, 0.6) is 17.2 Å². The number of rotatable bonds is 24. The largest absolute Gasteiger partial charge is 0.493 e. The molecule has 21 heteroatoms. The Balaban J connectivity index is 1.14. The topological polar surface area (TPSA) is 223 Å². The van der Waals surface area contributed by atoms with Crippen molar-refractivity contribution in [2.45, 2.75) is 58.3 Å². The molecule has 3 atom stereocenters. The fourth-order valence-corrected chi connectivity index (χ4v) is 6.59. The van der Waals surface area contributed by atoms with Gasteiger partial charge >= 0.3 is 17.9 Å². The average molecular weight is 991 g/mol. The highest BCUT2D eigenvalue weighted by Crippen LogP contribution is 2.36. The number of esters is 3. The number of carbonyl (C=O) groups excluding carboxylic acids is 3.